The predicted octanol–water partition coefficient (Wildman–Crippen LogP) is 1.28. The summed E-state index contributed by atoms with van der Waals surface area (Å²) in [5, 5.41) is 0.861. The molecule has 2 N–H and O–H groups in total. The van der Waals surface area contributed by atoms with Gasteiger partial charge >= 0.3 is 0 Å². The van der Waals surface area contributed by atoms with Crippen LogP contribution in [0, 0.1) is 0 Å². The SMILES string of the molecule is COCCN(CCN)C(=O)c1cccc2ncccc12. The number of carbonyl (C=O) groups excluding carboxylic acids is 1. The number of aromatic nitrogens is 1. The second-order valence-electron chi connectivity index (χ2n) is 4.45. The van der Waals surface area contributed by atoms with E-state index in [1.807, 2.05) is 30.3 Å². The highest BCUT2D eigenvalue weighted by atomic mass is 16.5. The number of ether oxygens (including phenoxy) is 1. The summed E-state index contributed by atoms with van der Waals surface area (Å²) >= 11 is 0. The minimum atomic E-state index is -0.0360. The van der Waals surface area contributed by atoms with Crippen molar-refractivity contribution in [2.24, 2.45) is 5.73 Å². The largest absolute Gasteiger partial charge is 0.383 e. The molecule has 106 valence electrons. The maximum absolute atomic E-state index is 12.6. The Morgan fingerprint density at radius 1 is 1.30 bits per heavy atom. The molecule has 0 unspecified atom stereocenters. The molecule has 1 aromatic carbocycles. The molecule has 1 heterocycles. The number of nitrogens with two attached hydrogens (primary N) is 1. The predicted molar refractivity (Wildman–Crippen MR) is 78.6 cm³/mol. The van der Waals surface area contributed by atoms with Crippen molar-refractivity contribution in [3.63, 3.8) is 0 Å². The van der Waals surface area contributed by atoms with Crippen molar-refractivity contribution < 1.29 is 9.53 Å². The van der Waals surface area contributed by atoms with Crippen LogP contribution in [0.2, 0.25) is 0 Å². The highest BCUT2D eigenvalue weighted by molar-refractivity contribution is 6.06. The van der Waals surface area contributed by atoms with E-state index in [1.165, 1.54) is 0 Å². The molecule has 5 heteroatoms. The van der Waals surface area contributed by atoms with E-state index in [2.05, 4.69) is 4.98 Å². The molecule has 0 spiro atoms. The van der Waals surface area contributed by atoms with Crippen LogP contribution in [0.15, 0.2) is 36.5 Å². The maximum Gasteiger partial charge on any atom is 0.254 e. The van der Waals surface area contributed by atoms with E-state index in [9.17, 15) is 4.79 Å². The summed E-state index contributed by atoms with van der Waals surface area (Å²) in [5.74, 6) is -0.0360. The molecule has 0 atom stereocenters. The molecule has 1 aromatic heterocycles. The number of hydrogen-bond donors (Lipinski definition) is 1. The fourth-order valence-corrected chi connectivity index (χ4v) is 2.13. The molecule has 5 nitrogen and oxygen atoms in total. The molecule has 2 rings (SSSR count). The molecule has 0 saturated heterocycles. The quantitative estimate of drug-likeness (QED) is 0.861. The summed E-state index contributed by atoms with van der Waals surface area (Å²) in [6.45, 7) is 1.97. The van der Waals surface area contributed by atoms with E-state index in [0.29, 0.717) is 31.8 Å². The molecule has 0 radical (unpaired) electrons. The number of amides is 1. The molecule has 1 amide bonds. The van der Waals surface area contributed by atoms with E-state index in [0.717, 1.165) is 10.9 Å². The van der Waals surface area contributed by atoms with Crippen molar-refractivity contribution in [3.05, 3.63) is 42.1 Å². The Kier molecular flexibility index (Phi) is 5.03. The van der Waals surface area contributed by atoms with Gasteiger partial charge in [-0.05, 0) is 18.2 Å². The van der Waals surface area contributed by atoms with Crippen LogP contribution in [-0.2, 0) is 4.74 Å². The Bertz CT molecular complexity index is 581. The first-order valence-corrected chi connectivity index (χ1v) is 6.60. The monoisotopic (exact) mass is 273 g/mol. The third-order valence-electron chi connectivity index (χ3n) is 3.13. The molecule has 0 saturated carbocycles. The summed E-state index contributed by atoms with van der Waals surface area (Å²) in [4.78, 5) is 18.6. The van der Waals surface area contributed by atoms with Gasteiger partial charge < -0.3 is 15.4 Å². The smallest absolute Gasteiger partial charge is 0.254 e. The van der Waals surface area contributed by atoms with Crippen molar-refractivity contribution in [1.29, 1.82) is 0 Å². The molecule has 0 aliphatic carbocycles. The van der Waals surface area contributed by atoms with Gasteiger partial charge in [0.2, 0.25) is 0 Å². The van der Waals surface area contributed by atoms with E-state index >= 15 is 0 Å². The fraction of sp³-hybridized carbons (Fsp3) is 0.333. The van der Waals surface area contributed by atoms with Crippen LogP contribution < -0.4 is 5.73 Å². The van der Waals surface area contributed by atoms with Crippen molar-refractivity contribution in [1.82, 2.24) is 9.88 Å². The fourth-order valence-electron chi connectivity index (χ4n) is 2.13. The first-order chi connectivity index (χ1) is 9.77. The van der Waals surface area contributed by atoms with Gasteiger partial charge in [0.25, 0.3) is 5.91 Å². The van der Waals surface area contributed by atoms with E-state index in [-0.39, 0.29) is 5.91 Å². The lowest BCUT2D eigenvalue weighted by Gasteiger charge is -2.22. The Hall–Kier alpha value is -1.98. The summed E-state index contributed by atoms with van der Waals surface area (Å²) in [6.07, 6.45) is 1.72. The molecule has 2 aromatic rings. The van der Waals surface area contributed by atoms with Gasteiger partial charge in [0.1, 0.15) is 0 Å². The van der Waals surface area contributed by atoms with E-state index < -0.39 is 0 Å². The Labute approximate surface area is 118 Å². The van der Waals surface area contributed by atoms with Crippen LogP contribution in [0.1, 0.15) is 10.4 Å². The first-order valence-electron chi connectivity index (χ1n) is 6.60. The number of rotatable bonds is 6. The van der Waals surface area contributed by atoms with Crippen LogP contribution in [0.3, 0.4) is 0 Å². The van der Waals surface area contributed by atoms with Gasteiger partial charge in [-0.3, -0.25) is 9.78 Å². The number of pyridine rings is 1. The van der Waals surface area contributed by atoms with Gasteiger partial charge in [-0.25, -0.2) is 0 Å². The zero-order valence-electron chi connectivity index (χ0n) is 11.6. The molecule has 0 aliphatic heterocycles. The number of hydrogen-bond acceptors (Lipinski definition) is 4. The van der Waals surface area contributed by atoms with E-state index in [1.54, 1.807) is 18.2 Å². The summed E-state index contributed by atoms with van der Waals surface area (Å²) < 4.78 is 5.05. The topological polar surface area (TPSA) is 68.5 Å². The molecule has 0 bridgehead atoms. The third-order valence-corrected chi connectivity index (χ3v) is 3.13. The van der Waals surface area contributed by atoms with Gasteiger partial charge in [-0.2, -0.15) is 0 Å². The average Bonchev–Trinajstić information content (AvgIpc) is 2.50. The number of carbonyl (C=O) groups is 1. The second-order valence-corrected chi connectivity index (χ2v) is 4.45. The van der Waals surface area contributed by atoms with Crippen LogP contribution in [0.25, 0.3) is 10.9 Å². The summed E-state index contributed by atoms with van der Waals surface area (Å²) in [6, 6.07) is 9.31. The van der Waals surface area contributed by atoms with Crippen LogP contribution in [-0.4, -0.2) is 49.1 Å². The van der Waals surface area contributed by atoms with Gasteiger partial charge in [0.15, 0.2) is 0 Å². The summed E-state index contributed by atoms with van der Waals surface area (Å²) in [7, 11) is 1.62. The lowest BCUT2D eigenvalue weighted by atomic mass is 10.1. The summed E-state index contributed by atoms with van der Waals surface area (Å²) in [5.41, 5.74) is 7.05. The highest BCUT2D eigenvalue weighted by Gasteiger charge is 2.17. The molecule has 0 fully saturated rings. The van der Waals surface area contributed by atoms with Crippen molar-refractivity contribution in [2.45, 2.75) is 0 Å². The van der Waals surface area contributed by atoms with Gasteiger partial charge in [0.05, 0.1) is 12.1 Å². The lowest BCUT2D eigenvalue weighted by molar-refractivity contribution is 0.0703. The van der Waals surface area contributed by atoms with E-state index in [4.69, 9.17) is 10.5 Å². The van der Waals surface area contributed by atoms with Gasteiger partial charge in [-0.1, -0.05) is 12.1 Å². The van der Waals surface area contributed by atoms with Crippen molar-refractivity contribution in [2.75, 3.05) is 33.4 Å². The minimum absolute atomic E-state index is 0.0360. The van der Waals surface area contributed by atoms with Gasteiger partial charge in [0, 0.05) is 43.9 Å². The van der Waals surface area contributed by atoms with Gasteiger partial charge in [-0.15, -0.1) is 0 Å². The standard InChI is InChI=1S/C15H19N3O2/c1-20-11-10-18(9-7-16)15(19)13-4-2-6-14-12(13)5-3-8-17-14/h2-6,8H,7,9-11,16H2,1H3. The zero-order chi connectivity index (χ0) is 14.4. The Balaban J connectivity index is 2.33. The number of nitrogens with zero attached hydrogens (tertiary/aromatic N) is 2. The number of fused-ring (bicyclic) bond motifs is 1. The van der Waals surface area contributed by atoms with Crippen LogP contribution in [0.5, 0.6) is 0 Å². The molecular weight excluding hydrogens is 254 g/mol. The maximum atomic E-state index is 12.6. The molecular formula is C15H19N3O2. The second kappa shape index (κ2) is 6.98. The normalized spacial score (nSPS) is 10.7. The Morgan fingerprint density at radius 2 is 2.15 bits per heavy atom. The minimum Gasteiger partial charge on any atom is -0.383 e. The molecule has 0 aliphatic rings. The van der Waals surface area contributed by atoms with Crippen LogP contribution >= 0.6 is 0 Å². The lowest BCUT2D eigenvalue weighted by Crippen LogP contribution is -2.37. The highest BCUT2D eigenvalue weighted by Crippen LogP contribution is 2.18. The number of benzene rings is 1. The third kappa shape index (κ3) is 3.12. The Morgan fingerprint density at radius 3 is 2.90 bits per heavy atom. The van der Waals surface area contributed by atoms with Crippen LogP contribution in [0.4, 0.5) is 0 Å². The average molecular weight is 273 g/mol. The molecule has 20 heavy (non-hydrogen) atoms. The van der Waals surface area contributed by atoms with Crippen molar-refractivity contribution >= 4 is 16.8 Å². The first kappa shape index (κ1) is 14.4. The van der Waals surface area contributed by atoms with Crippen molar-refractivity contribution in [3.8, 4) is 0 Å². The zero-order valence-corrected chi connectivity index (χ0v) is 11.6. The number of methoxy groups -OCH3 is 1.